The third-order valence-electron chi connectivity index (χ3n) is 4.72. The van der Waals surface area contributed by atoms with Crippen molar-refractivity contribution in [1.82, 2.24) is 9.88 Å². The molecule has 5 heteroatoms. The van der Waals surface area contributed by atoms with Crippen molar-refractivity contribution < 1.29 is 9.53 Å². The van der Waals surface area contributed by atoms with E-state index >= 15 is 0 Å². The van der Waals surface area contributed by atoms with Gasteiger partial charge in [-0.15, -0.1) is 0 Å². The molecule has 1 aliphatic rings. The third-order valence-corrected chi connectivity index (χ3v) is 5.66. The van der Waals surface area contributed by atoms with Gasteiger partial charge in [0.2, 0.25) is 0 Å². The average Bonchev–Trinajstić information content (AvgIpc) is 2.74. The first-order valence-electron chi connectivity index (χ1n) is 9.21. The molecule has 0 N–H and O–H groups in total. The summed E-state index contributed by atoms with van der Waals surface area (Å²) in [5, 5.41) is 0.922. The first-order valence-corrected chi connectivity index (χ1v) is 10.4. The highest BCUT2D eigenvalue weighted by atomic mass is 32.2. The number of hydrogen-bond donors (Lipinski definition) is 0. The molecule has 0 bridgehead atoms. The van der Waals surface area contributed by atoms with Crippen LogP contribution in [0.3, 0.4) is 0 Å². The minimum atomic E-state index is -0.525. The van der Waals surface area contributed by atoms with E-state index in [0.29, 0.717) is 5.75 Å². The molecule has 3 aromatic rings. The topological polar surface area (TPSA) is 42.4 Å². The monoisotopic (exact) mass is 378 g/mol. The third kappa shape index (κ3) is 3.93. The Labute approximate surface area is 163 Å². The van der Waals surface area contributed by atoms with Crippen LogP contribution in [-0.4, -0.2) is 46.5 Å². The second-order valence-electron chi connectivity index (χ2n) is 6.59. The summed E-state index contributed by atoms with van der Waals surface area (Å²) in [5.74, 6) is 2.74. The molecule has 1 fully saturated rings. The smallest absolute Gasteiger partial charge is 0.263 e. The van der Waals surface area contributed by atoms with Crippen LogP contribution in [0.5, 0.6) is 5.75 Å². The first kappa shape index (κ1) is 17.9. The molecule has 2 aromatic carbocycles. The van der Waals surface area contributed by atoms with Crippen molar-refractivity contribution in [2.24, 2.45) is 0 Å². The van der Waals surface area contributed by atoms with E-state index in [9.17, 15) is 4.79 Å². The number of aromatic nitrogens is 1. The molecule has 0 spiro atoms. The SMILES string of the molecule is CC(Oc1cc(-c2ccccc2)nc2ccccc12)C(=O)N1CCSCC1. The maximum atomic E-state index is 12.8. The summed E-state index contributed by atoms with van der Waals surface area (Å²) in [7, 11) is 0. The van der Waals surface area contributed by atoms with Gasteiger partial charge in [-0.1, -0.05) is 42.5 Å². The molecule has 1 amide bonds. The Balaban J connectivity index is 1.66. The molecule has 1 unspecified atom stereocenters. The summed E-state index contributed by atoms with van der Waals surface area (Å²) in [4.78, 5) is 19.4. The van der Waals surface area contributed by atoms with Crippen molar-refractivity contribution in [3.05, 3.63) is 60.7 Å². The van der Waals surface area contributed by atoms with Gasteiger partial charge in [0.15, 0.2) is 6.10 Å². The second-order valence-corrected chi connectivity index (χ2v) is 7.81. The number of pyridine rings is 1. The van der Waals surface area contributed by atoms with E-state index < -0.39 is 6.10 Å². The van der Waals surface area contributed by atoms with Crippen LogP contribution in [0.15, 0.2) is 60.7 Å². The minimum Gasteiger partial charge on any atom is -0.480 e. The Hall–Kier alpha value is -2.53. The molecule has 0 aliphatic carbocycles. The summed E-state index contributed by atoms with van der Waals surface area (Å²) in [6.07, 6.45) is -0.525. The highest BCUT2D eigenvalue weighted by Gasteiger charge is 2.24. The van der Waals surface area contributed by atoms with Crippen LogP contribution in [0.1, 0.15) is 6.92 Å². The van der Waals surface area contributed by atoms with Crippen LogP contribution in [0.25, 0.3) is 22.2 Å². The number of ether oxygens (including phenoxy) is 1. The number of nitrogens with zero attached hydrogens (tertiary/aromatic N) is 2. The molecule has 0 radical (unpaired) electrons. The van der Waals surface area contributed by atoms with Gasteiger partial charge in [0.1, 0.15) is 5.75 Å². The zero-order valence-electron chi connectivity index (χ0n) is 15.3. The Morgan fingerprint density at radius 1 is 1.07 bits per heavy atom. The van der Waals surface area contributed by atoms with Crippen molar-refractivity contribution in [1.29, 1.82) is 0 Å². The quantitative estimate of drug-likeness (QED) is 0.681. The highest BCUT2D eigenvalue weighted by Crippen LogP contribution is 2.31. The van der Waals surface area contributed by atoms with Crippen LogP contribution >= 0.6 is 11.8 Å². The highest BCUT2D eigenvalue weighted by molar-refractivity contribution is 7.99. The van der Waals surface area contributed by atoms with Crippen LogP contribution in [0.2, 0.25) is 0 Å². The van der Waals surface area contributed by atoms with E-state index in [-0.39, 0.29) is 5.91 Å². The predicted molar refractivity (Wildman–Crippen MR) is 111 cm³/mol. The molecular weight excluding hydrogens is 356 g/mol. The zero-order valence-corrected chi connectivity index (χ0v) is 16.1. The maximum Gasteiger partial charge on any atom is 0.263 e. The summed E-state index contributed by atoms with van der Waals surface area (Å²) >= 11 is 1.89. The van der Waals surface area contributed by atoms with Crippen molar-refractivity contribution in [2.75, 3.05) is 24.6 Å². The normalized spacial score (nSPS) is 15.5. The fourth-order valence-corrected chi connectivity index (χ4v) is 4.18. The molecule has 4 rings (SSSR count). The number of para-hydroxylation sites is 1. The van der Waals surface area contributed by atoms with Crippen molar-refractivity contribution in [2.45, 2.75) is 13.0 Å². The molecule has 2 heterocycles. The standard InChI is InChI=1S/C22H22N2O2S/c1-16(22(25)24-11-13-27-14-12-24)26-21-15-20(17-7-3-2-4-8-17)23-19-10-6-5-9-18(19)21/h2-10,15-16H,11-14H2,1H3. The Morgan fingerprint density at radius 3 is 2.56 bits per heavy atom. The summed E-state index contributed by atoms with van der Waals surface area (Å²) in [6, 6.07) is 19.9. The maximum absolute atomic E-state index is 12.8. The van der Waals surface area contributed by atoms with Crippen LogP contribution in [-0.2, 0) is 4.79 Å². The van der Waals surface area contributed by atoms with E-state index in [4.69, 9.17) is 9.72 Å². The molecule has 27 heavy (non-hydrogen) atoms. The van der Waals surface area contributed by atoms with Crippen LogP contribution in [0.4, 0.5) is 0 Å². The van der Waals surface area contributed by atoms with E-state index in [1.807, 2.05) is 84.2 Å². The number of thioether (sulfide) groups is 1. The number of amides is 1. The summed E-state index contributed by atoms with van der Waals surface area (Å²) in [5.41, 5.74) is 2.74. The molecule has 1 aliphatic heterocycles. The largest absolute Gasteiger partial charge is 0.480 e. The lowest BCUT2D eigenvalue weighted by molar-refractivity contribution is -0.137. The summed E-state index contributed by atoms with van der Waals surface area (Å²) < 4.78 is 6.17. The molecule has 1 atom stereocenters. The number of fused-ring (bicyclic) bond motifs is 1. The van der Waals surface area contributed by atoms with Crippen molar-refractivity contribution in [3.63, 3.8) is 0 Å². The minimum absolute atomic E-state index is 0.0532. The Morgan fingerprint density at radius 2 is 1.78 bits per heavy atom. The lowest BCUT2D eigenvalue weighted by atomic mass is 10.1. The van der Waals surface area contributed by atoms with Gasteiger partial charge in [-0.2, -0.15) is 11.8 Å². The van der Waals surface area contributed by atoms with Crippen molar-refractivity contribution >= 4 is 28.6 Å². The number of benzene rings is 2. The zero-order chi connectivity index (χ0) is 18.6. The molecule has 1 aromatic heterocycles. The number of hydrogen-bond acceptors (Lipinski definition) is 4. The van der Waals surface area contributed by atoms with Gasteiger partial charge in [0.25, 0.3) is 5.91 Å². The van der Waals surface area contributed by atoms with Gasteiger partial charge in [0.05, 0.1) is 11.2 Å². The van der Waals surface area contributed by atoms with Gasteiger partial charge >= 0.3 is 0 Å². The molecule has 1 saturated heterocycles. The lowest BCUT2D eigenvalue weighted by Gasteiger charge is -2.29. The predicted octanol–water partition coefficient (Wildman–Crippen LogP) is 4.24. The van der Waals surface area contributed by atoms with Gasteiger partial charge in [-0.05, 0) is 19.1 Å². The van der Waals surface area contributed by atoms with Crippen molar-refractivity contribution in [3.8, 4) is 17.0 Å². The fraction of sp³-hybridized carbons (Fsp3) is 0.273. The van der Waals surface area contributed by atoms with E-state index in [0.717, 1.165) is 46.8 Å². The van der Waals surface area contributed by atoms with Crippen LogP contribution < -0.4 is 4.74 Å². The van der Waals surface area contributed by atoms with Gasteiger partial charge in [0, 0.05) is 41.6 Å². The fourth-order valence-electron chi connectivity index (χ4n) is 3.28. The average molecular weight is 378 g/mol. The van der Waals surface area contributed by atoms with Gasteiger partial charge in [-0.3, -0.25) is 4.79 Å². The van der Waals surface area contributed by atoms with Gasteiger partial charge in [-0.25, -0.2) is 4.98 Å². The van der Waals surface area contributed by atoms with Gasteiger partial charge < -0.3 is 9.64 Å². The van der Waals surface area contributed by atoms with E-state index in [2.05, 4.69) is 0 Å². The molecule has 0 saturated carbocycles. The van der Waals surface area contributed by atoms with Crippen LogP contribution in [0, 0.1) is 0 Å². The summed E-state index contributed by atoms with van der Waals surface area (Å²) in [6.45, 7) is 3.43. The second kappa shape index (κ2) is 8.01. The molecule has 4 nitrogen and oxygen atoms in total. The Bertz CT molecular complexity index is 939. The van der Waals surface area contributed by atoms with E-state index in [1.54, 1.807) is 0 Å². The number of carbonyl (C=O) groups is 1. The number of carbonyl (C=O) groups excluding carboxylic acids is 1. The number of rotatable bonds is 4. The Kier molecular flexibility index (Phi) is 5.30. The first-order chi connectivity index (χ1) is 13.2. The van der Waals surface area contributed by atoms with E-state index in [1.165, 1.54) is 0 Å². The lowest BCUT2D eigenvalue weighted by Crippen LogP contribution is -2.44. The molecule has 138 valence electrons. The molecular formula is C22H22N2O2S.